The highest BCUT2D eigenvalue weighted by Gasteiger charge is 2.24. The summed E-state index contributed by atoms with van der Waals surface area (Å²) in [5.74, 6) is 0.670. The van der Waals surface area contributed by atoms with E-state index >= 15 is 0 Å². The van der Waals surface area contributed by atoms with Crippen molar-refractivity contribution in [2.24, 2.45) is 7.05 Å². The van der Waals surface area contributed by atoms with E-state index in [1.807, 2.05) is 43.9 Å². The fourth-order valence-electron chi connectivity index (χ4n) is 2.86. The Labute approximate surface area is 125 Å². The van der Waals surface area contributed by atoms with Gasteiger partial charge in [-0.15, -0.1) is 0 Å². The van der Waals surface area contributed by atoms with Crippen molar-refractivity contribution < 1.29 is 4.74 Å². The van der Waals surface area contributed by atoms with E-state index in [0.29, 0.717) is 5.88 Å². The van der Waals surface area contributed by atoms with E-state index in [-0.39, 0.29) is 12.1 Å². The van der Waals surface area contributed by atoms with Gasteiger partial charge in [-0.3, -0.25) is 4.68 Å². The standard InChI is InChI=1S/C16H22N4O/c1-11(2)21-16-14(7-5-9-17-16)19-13-6-4-8-15-12(13)10-18-20(15)3/h5,7,9-11,13,19H,4,6,8H2,1-3H3. The number of nitrogens with zero attached hydrogens (tertiary/aromatic N) is 3. The van der Waals surface area contributed by atoms with Gasteiger partial charge in [-0.1, -0.05) is 0 Å². The topological polar surface area (TPSA) is 52.0 Å². The molecule has 5 nitrogen and oxygen atoms in total. The Bertz CT molecular complexity index is 620. The molecule has 2 aromatic heterocycles. The van der Waals surface area contributed by atoms with E-state index in [2.05, 4.69) is 15.4 Å². The van der Waals surface area contributed by atoms with Gasteiger partial charge >= 0.3 is 0 Å². The Kier molecular flexibility index (Phi) is 3.82. The lowest BCUT2D eigenvalue weighted by atomic mass is 9.93. The second kappa shape index (κ2) is 5.76. The smallest absolute Gasteiger partial charge is 0.237 e. The minimum atomic E-state index is 0.112. The summed E-state index contributed by atoms with van der Waals surface area (Å²) in [6, 6.07) is 4.24. The molecule has 1 unspecified atom stereocenters. The molecule has 112 valence electrons. The Hall–Kier alpha value is -2.04. The molecule has 0 saturated carbocycles. The lowest BCUT2D eigenvalue weighted by molar-refractivity contribution is 0.234. The fraction of sp³-hybridized carbons (Fsp3) is 0.500. The van der Waals surface area contributed by atoms with Crippen molar-refractivity contribution in [3.05, 3.63) is 35.8 Å². The largest absolute Gasteiger partial charge is 0.473 e. The summed E-state index contributed by atoms with van der Waals surface area (Å²) >= 11 is 0. The number of aromatic nitrogens is 3. The zero-order valence-electron chi connectivity index (χ0n) is 12.8. The third kappa shape index (κ3) is 2.86. The minimum Gasteiger partial charge on any atom is -0.473 e. The van der Waals surface area contributed by atoms with Gasteiger partial charge in [0.25, 0.3) is 0 Å². The van der Waals surface area contributed by atoms with Gasteiger partial charge in [-0.2, -0.15) is 5.10 Å². The minimum absolute atomic E-state index is 0.112. The maximum atomic E-state index is 5.79. The van der Waals surface area contributed by atoms with E-state index < -0.39 is 0 Å². The first-order chi connectivity index (χ1) is 10.1. The van der Waals surface area contributed by atoms with Gasteiger partial charge in [0.15, 0.2) is 0 Å². The summed E-state index contributed by atoms with van der Waals surface area (Å²) < 4.78 is 7.77. The van der Waals surface area contributed by atoms with Crippen molar-refractivity contribution in [3.63, 3.8) is 0 Å². The quantitative estimate of drug-likeness (QED) is 0.938. The number of nitrogens with one attached hydrogen (secondary N) is 1. The number of aryl methyl sites for hydroxylation is 1. The van der Waals surface area contributed by atoms with Gasteiger partial charge in [0.1, 0.15) is 0 Å². The van der Waals surface area contributed by atoms with Crippen LogP contribution >= 0.6 is 0 Å². The molecule has 1 atom stereocenters. The maximum Gasteiger partial charge on any atom is 0.237 e. The average molecular weight is 286 g/mol. The summed E-state index contributed by atoms with van der Waals surface area (Å²) in [6.07, 6.45) is 7.23. The lowest BCUT2D eigenvalue weighted by Crippen LogP contribution is -2.19. The van der Waals surface area contributed by atoms with Crippen LogP contribution in [0.15, 0.2) is 24.5 Å². The molecule has 0 amide bonds. The molecule has 2 aromatic rings. The molecule has 0 aliphatic heterocycles. The molecule has 1 aliphatic carbocycles. The Morgan fingerprint density at radius 1 is 1.43 bits per heavy atom. The van der Waals surface area contributed by atoms with Crippen LogP contribution in [0.3, 0.4) is 0 Å². The third-order valence-corrected chi connectivity index (χ3v) is 3.82. The molecule has 21 heavy (non-hydrogen) atoms. The van der Waals surface area contributed by atoms with Gasteiger partial charge < -0.3 is 10.1 Å². The average Bonchev–Trinajstić information content (AvgIpc) is 2.83. The molecule has 2 heterocycles. The molecular formula is C16H22N4O. The first-order valence-corrected chi connectivity index (χ1v) is 7.54. The zero-order chi connectivity index (χ0) is 14.8. The van der Waals surface area contributed by atoms with Crippen LogP contribution < -0.4 is 10.1 Å². The third-order valence-electron chi connectivity index (χ3n) is 3.82. The molecule has 1 N–H and O–H groups in total. The van der Waals surface area contributed by atoms with Gasteiger partial charge in [-0.05, 0) is 45.2 Å². The van der Waals surface area contributed by atoms with Gasteiger partial charge in [0, 0.05) is 24.5 Å². The maximum absolute atomic E-state index is 5.79. The Morgan fingerprint density at radius 3 is 3.10 bits per heavy atom. The number of ether oxygens (including phenoxy) is 1. The number of pyridine rings is 1. The molecule has 5 heteroatoms. The van der Waals surface area contributed by atoms with Crippen LogP contribution in [-0.4, -0.2) is 20.9 Å². The molecule has 1 aliphatic rings. The predicted octanol–water partition coefficient (Wildman–Crippen LogP) is 3.09. The summed E-state index contributed by atoms with van der Waals surface area (Å²) in [5, 5.41) is 7.97. The van der Waals surface area contributed by atoms with Crippen molar-refractivity contribution >= 4 is 5.69 Å². The molecular weight excluding hydrogens is 264 g/mol. The van der Waals surface area contributed by atoms with E-state index in [4.69, 9.17) is 4.74 Å². The van der Waals surface area contributed by atoms with Crippen LogP contribution in [0, 0.1) is 0 Å². The SMILES string of the molecule is CC(C)Oc1ncccc1NC1CCCc2c1cnn2C. The molecule has 0 saturated heterocycles. The second-order valence-electron chi connectivity index (χ2n) is 5.78. The van der Waals surface area contributed by atoms with Crippen molar-refractivity contribution in [1.82, 2.24) is 14.8 Å². The van der Waals surface area contributed by atoms with Crippen LogP contribution in [0.1, 0.15) is 44.0 Å². The van der Waals surface area contributed by atoms with Crippen LogP contribution in [0.2, 0.25) is 0 Å². The lowest BCUT2D eigenvalue weighted by Gasteiger charge is -2.25. The highest BCUT2D eigenvalue weighted by molar-refractivity contribution is 5.54. The summed E-state index contributed by atoms with van der Waals surface area (Å²) in [7, 11) is 2.01. The van der Waals surface area contributed by atoms with Crippen molar-refractivity contribution in [2.45, 2.75) is 45.3 Å². The Morgan fingerprint density at radius 2 is 2.29 bits per heavy atom. The molecule has 0 spiro atoms. The number of fused-ring (bicyclic) bond motifs is 1. The van der Waals surface area contributed by atoms with E-state index in [9.17, 15) is 0 Å². The molecule has 0 bridgehead atoms. The predicted molar refractivity (Wildman–Crippen MR) is 82.5 cm³/mol. The number of anilines is 1. The molecule has 0 fully saturated rings. The molecule has 0 aromatic carbocycles. The van der Waals surface area contributed by atoms with Gasteiger partial charge in [0.2, 0.25) is 5.88 Å². The monoisotopic (exact) mass is 286 g/mol. The van der Waals surface area contributed by atoms with Crippen LogP contribution in [0.5, 0.6) is 5.88 Å². The highest BCUT2D eigenvalue weighted by atomic mass is 16.5. The first kappa shape index (κ1) is 13.9. The summed E-state index contributed by atoms with van der Waals surface area (Å²) in [6.45, 7) is 4.02. The van der Waals surface area contributed by atoms with E-state index in [1.165, 1.54) is 17.7 Å². The first-order valence-electron chi connectivity index (χ1n) is 7.54. The van der Waals surface area contributed by atoms with E-state index in [1.54, 1.807) is 6.20 Å². The van der Waals surface area contributed by atoms with Crippen molar-refractivity contribution in [1.29, 1.82) is 0 Å². The number of rotatable bonds is 4. The molecule has 3 rings (SSSR count). The number of hydrogen-bond acceptors (Lipinski definition) is 4. The normalized spacial score (nSPS) is 17.6. The second-order valence-corrected chi connectivity index (χ2v) is 5.78. The highest BCUT2D eigenvalue weighted by Crippen LogP contribution is 2.34. The Balaban J connectivity index is 1.85. The summed E-state index contributed by atoms with van der Waals surface area (Å²) in [4.78, 5) is 4.34. The van der Waals surface area contributed by atoms with Crippen molar-refractivity contribution in [3.8, 4) is 5.88 Å². The summed E-state index contributed by atoms with van der Waals surface area (Å²) in [5.41, 5.74) is 3.57. The fourth-order valence-corrected chi connectivity index (χ4v) is 2.86. The van der Waals surface area contributed by atoms with E-state index in [0.717, 1.165) is 18.5 Å². The zero-order valence-corrected chi connectivity index (χ0v) is 12.8. The van der Waals surface area contributed by atoms with Gasteiger partial charge in [-0.25, -0.2) is 4.98 Å². The number of hydrogen-bond donors (Lipinski definition) is 1. The van der Waals surface area contributed by atoms with Crippen LogP contribution in [-0.2, 0) is 13.5 Å². The van der Waals surface area contributed by atoms with Crippen LogP contribution in [0.4, 0.5) is 5.69 Å². The van der Waals surface area contributed by atoms with Gasteiger partial charge in [0.05, 0.1) is 24.0 Å². The molecule has 0 radical (unpaired) electrons. The van der Waals surface area contributed by atoms with Crippen molar-refractivity contribution in [2.75, 3.05) is 5.32 Å². The van der Waals surface area contributed by atoms with Crippen LogP contribution in [0.25, 0.3) is 0 Å².